The van der Waals surface area contributed by atoms with Crippen molar-refractivity contribution in [3.8, 4) is 0 Å². The van der Waals surface area contributed by atoms with E-state index in [1.807, 2.05) is 55.5 Å². The molecule has 1 aliphatic heterocycles. The van der Waals surface area contributed by atoms with Crippen molar-refractivity contribution >= 4 is 45.0 Å². The number of carbonyl (C=O) groups excluding carboxylic acids is 2. The van der Waals surface area contributed by atoms with Crippen LogP contribution in [-0.4, -0.2) is 23.3 Å². The minimum absolute atomic E-state index is 0.0744. The average molecular weight is 470 g/mol. The second-order valence-electron chi connectivity index (χ2n) is 7.01. The fourth-order valence-electron chi connectivity index (χ4n) is 3.63. The summed E-state index contributed by atoms with van der Waals surface area (Å²) in [6.07, 6.45) is 0. The SMILES string of the molecule is Cc1ccc2c(c1)C(c1ccccc1)N(C(=O)c1cc(Br)ccc1Cl)CC(=O)N2. The monoisotopic (exact) mass is 468 g/mol. The van der Waals surface area contributed by atoms with Gasteiger partial charge in [0, 0.05) is 15.7 Å². The number of benzene rings is 3. The minimum atomic E-state index is -0.424. The molecule has 0 fully saturated rings. The first-order valence-electron chi connectivity index (χ1n) is 9.15. The molecule has 0 spiro atoms. The molecule has 0 radical (unpaired) electrons. The summed E-state index contributed by atoms with van der Waals surface area (Å²) in [6, 6.07) is 20.3. The van der Waals surface area contributed by atoms with Crippen molar-refractivity contribution in [3.05, 3.63) is 98.5 Å². The Hall–Kier alpha value is -2.63. The summed E-state index contributed by atoms with van der Waals surface area (Å²) in [5.74, 6) is -0.539. The number of carbonyl (C=O) groups is 2. The van der Waals surface area contributed by atoms with E-state index in [-0.39, 0.29) is 18.4 Å². The molecule has 3 aromatic carbocycles. The first kappa shape index (κ1) is 19.7. The predicted octanol–water partition coefficient (Wildman–Crippen LogP) is 5.59. The van der Waals surface area contributed by atoms with Crippen molar-refractivity contribution in [2.45, 2.75) is 13.0 Å². The first-order chi connectivity index (χ1) is 13.9. The zero-order valence-corrected chi connectivity index (χ0v) is 18.0. The molecule has 1 N–H and O–H groups in total. The van der Waals surface area contributed by atoms with Crippen LogP contribution in [0.2, 0.25) is 5.02 Å². The number of amides is 2. The van der Waals surface area contributed by atoms with Crippen LogP contribution in [0.1, 0.15) is 33.1 Å². The molecule has 1 heterocycles. The fraction of sp³-hybridized carbons (Fsp3) is 0.130. The maximum absolute atomic E-state index is 13.6. The predicted molar refractivity (Wildman–Crippen MR) is 118 cm³/mol. The summed E-state index contributed by atoms with van der Waals surface area (Å²) in [7, 11) is 0. The number of anilines is 1. The van der Waals surface area contributed by atoms with Gasteiger partial charge in [-0.15, -0.1) is 0 Å². The highest BCUT2D eigenvalue weighted by Crippen LogP contribution is 2.37. The lowest BCUT2D eigenvalue weighted by molar-refractivity contribution is -0.117. The zero-order valence-electron chi connectivity index (χ0n) is 15.7. The molecule has 29 heavy (non-hydrogen) atoms. The van der Waals surface area contributed by atoms with Crippen molar-refractivity contribution < 1.29 is 9.59 Å². The van der Waals surface area contributed by atoms with Gasteiger partial charge in [-0.2, -0.15) is 0 Å². The van der Waals surface area contributed by atoms with E-state index in [1.54, 1.807) is 23.1 Å². The van der Waals surface area contributed by atoms with E-state index in [9.17, 15) is 9.59 Å². The molecule has 1 atom stereocenters. The number of hydrogen-bond donors (Lipinski definition) is 1. The Balaban J connectivity index is 1.91. The summed E-state index contributed by atoms with van der Waals surface area (Å²) >= 11 is 9.74. The van der Waals surface area contributed by atoms with Crippen LogP contribution in [0.3, 0.4) is 0 Å². The highest BCUT2D eigenvalue weighted by Gasteiger charge is 2.34. The number of nitrogens with zero attached hydrogens (tertiary/aromatic N) is 1. The molecule has 0 aliphatic carbocycles. The van der Waals surface area contributed by atoms with E-state index in [0.717, 1.165) is 21.2 Å². The van der Waals surface area contributed by atoms with E-state index in [1.165, 1.54) is 0 Å². The maximum atomic E-state index is 13.6. The number of aryl methyl sites for hydroxylation is 1. The number of hydrogen-bond acceptors (Lipinski definition) is 2. The van der Waals surface area contributed by atoms with Crippen LogP contribution < -0.4 is 5.32 Å². The molecule has 0 saturated heterocycles. The summed E-state index contributed by atoms with van der Waals surface area (Å²) in [5.41, 5.74) is 3.92. The largest absolute Gasteiger partial charge is 0.324 e. The van der Waals surface area contributed by atoms with Gasteiger partial charge in [0.1, 0.15) is 6.54 Å². The van der Waals surface area contributed by atoms with Gasteiger partial charge in [-0.3, -0.25) is 9.59 Å². The molecular formula is C23H18BrClN2O2. The second kappa shape index (κ2) is 8.01. The Labute approximate surface area is 182 Å². The first-order valence-corrected chi connectivity index (χ1v) is 10.3. The lowest BCUT2D eigenvalue weighted by atomic mass is 9.94. The third-order valence-corrected chi connectivity index (χ3v) is 5.76. The van der Waals surface area contributed by atoms with Crippen molar-refractivity contribution in [2.24, 2.45) is 0 Å². The van der Waals surface area contributed by atoms with Crippen molar-refractivity contribution in [2.75, 3.05) is 11.9 Å². The summed E-state index contributed by atoms with van der Waals surface area (Å²) < 4.78 is 0.747. The molecule has 4 nitrogen and oxygen atoms in total. The summed E-state index contributed by atoms with van der Waals surface area (Å²) in [5, 5.41) is 3.28. The van der Waals surface area contributed by atoms with Crippen LogP contribution in [0.25, 0.3) is 0 Å². The Kier molecular flexibility index (Phi) is 5.43. The van der Waals surface area contributed by atoms with E-state index < -0.39 is 6.04 Å². The molecule has 4 rings (SSSR count). The third kappa shape index (κ3) is 3.93. The van der Waals surface area contributed by atoms with Gasteiger partial charge in [0.05, 0.1) is 16.6 Å². The lowest BCUT2D eigenvalue weighted by Gasteiger charge is -2.31. The molecular weight excluding hydrogens is 452 g/mol. The van der Waals surface area contributed by atoms with E-state index in [4.69, 9.17) is 11.6 Å². The number of halogens is 2. The van der Waals surface area contributed by atoms with Gasteiger partial charge in [-0.1, -0.05) is 75.6 Å². The van der Waals surface area contributed by atoms with Crippen LogP contribution >= 0.6 is 27.5 Å². The van der Waals surface area contributed by atoms with E-state index in [2.05, 4.69) is 21.2 Å². The van der Waals surface area contributed by atoms with Gasteiger partial charge in [0.15, 0.2) is 0 Å². The van der Waals surface area contributed by atoms with Crippen LogP contribution in [0, 0.1) is 6.92 Å². The zero-order chi connectivity index (χ0) is 20.5. The average Bonchev–Trinajstić information content (AvgIpc) is 2.85. The molecule has 0 bridgehead atoms. The Morgan fingerprint density at radius 2 is 1.86 bits per heavy atom. The third-order valence-electron chi connectivity index (χ3n) is 4.94. The van der Waals surface area contributed by atoms with E-state index >= 15 is 0 Å². The van der Waals surface area contributed by atoms with Crippen molar-refractivity contribution in [3.63, 3.8) is 0 Å². The molecule has 1 unspecified atom stereocenters. The summed E-state index contributed by atoms with van der Waals surface area (Å²) in [6.45, 7) is 1.92. The Morgan fingerprint density at radius 3 is 2.62 bits per heavy atom. The molecule has 1 aliphatic rings. The van der Waals surface area contributed by atoms with Crippen LogP contribution in [-0.2, 0) is 4.79 Å². The maximum Gasteiger partial charge on any atom is 0.256 e. The topological polar surface area (TPSA) is 49.4 Å². The standard InChI is InChI=1S/C23H18BrClN2O2/c1-14-7-10-20-18(11-14)22(15-5-3-2-4-6-15)27(13-21(28)26-20)23(29)17-12-16(24)8-9-19(17)25/h2-12,22H,13H2,1H3,(H,26,28). The van der Waals surface area contributed by atoms with Gasteiger partial charge < -0.3 is 10.2 Å². The lowest BCUT2D eigenvalue weighted by Crippen LogP contribution is -2.39. The van der Waals surface area contributed by atoms with Crippen LogP contribution in [0.15, 0.2) is 71.2 Å². The van der Waals surface area contributed by atoms with Gasteiger partial charge in [0.2, 0.25) is 5.91 Å². The van der Waals surface area contributed by atoms with Gasteiger partial charge >= 0.3 is 0 Å². The highest BCUT2D eigenvalue weighted by molar-refractivity contribution is 9.10. The van der Waals surface area contributed by atoms with Gasteiger partial charge in [-0.25, -0.2) is 0 Å². The van der Waals surface area contributed by atoms with Gasteiger partial charge in [-0.05, 0) is 36.8 Å². The minimum Gasteiger partial charge on any atom is -0.324 e. The number of fused-ring (bicyclic) bond motifs is 1. The molecule has 146 valence electrons. The van der Waals surface area contributed by atoms with Crippen LogP contribution in [0.5, 0.6) is 0 Å². The van der Waals surface area contributed by atoms with E-state index in [0.29, 0.717) is 16.3 Å². The second-order valence-corrected chi connectivity index (χ2v) is 8.33. The van der Waals surface area contributed by atoms with Crippen molar-refractivity contribution in [1.29, 1.82) is 0 Å². The van der Waals surface area contributed by atoms with Gasteiger partial charge in [0.25, 0.3) is 5.91 Å². The molecule has 0 aromatic heterocycles. The highest BCUT2D eigenvalue weighted by atomic mass is 79.9. The molecule has 2 amide bonds. The smallest absolute Gasteiger partial charge is 0.256 e. The normalized spacial score (nSPS) is 16.0. The Bertz CT molecular complexity index is 1100. The molecule has 0 saturated carbocycles. The van der Waals surface area contributed by atoms with Crippen LogP contribution in [0.4, 0.5) is 5.69 Å². The number of nitrogens with one attached hydrogen (secondary N) is 1. The Morgan fingerprint density at radius 1 is 1.10 bits per heavy atom. The fourth-order valence-corrected chi connectivity index (χ4v) is 4.19. The number of rotatable bonds is 2. The summed E-state index contributed by atoms with van der Waals surface area (Å²) in [4.78, 5) is 27.8. The quantitative estimate of drug-likeness (QED) is 0.531. The molecule has 6 heteroatoms. The van der Waals surface area contributed by atoms with Crippen molar-refractivity contribution in [1.82, 2.24) is 4.90 Å². The molecule has 3 aromatic rings.